The van der Waals surface area contributed by atoms with E-state index < -0.39 is 0 Å². The summed E-state index contributed by atoms with van der Waals surface area (Å²) in [5, 5.41) is 0. The molecule has 0 aliphatic rings. The zero-order chi connectivity index (χ0) is 18.0. The molecule has 0 atom stereocenters. The summed E-state index contributed by atoms with van der Waals surface area (Å²) in [4.78, 5) is 12.5. The van der Waals surface area contributed by atoms with Crippen LogP contribution in [0.4, 0.5) is 5.95 Å². The Morgan fingerprint density at radius 2 is 1.77 bits per heavy atom. The van der Waals surface area contributed by atoms with E-state index in [1.54, 1.807) is 23.8 Å². The van der Waals surface area contributed by atoms with E-state index in [4.69, 9.17) is 10.5 Å². The van der Waals surface area contributed by atoms with E-state index in [-0.39, 0.29) is 29.3 Å². The van der Waals surface area contributed by atoms with Gasteiger partial charge in [0, 0.05) is 15.6 Å². The van der Waals surface area contributed by atoms with Crippen molar-refractivity contribution in [2.45, 2.75) is 6.54 Å². The summed E-state index contributed by atoms with van der Waals surface area (Å²) >= 11 is 3.37. The van der Waals surface area contributed by atoms with Crippen LogP contribution in [-0.4, -0.2) is 17.5 Å². The minimum atomic E-state index is 0. The summed E-state index contributed by atoms with van der Waals surface area (Å²) in [5.74, 6) is 1.33. The Bertz CT molecular complexity index is 904. The van der Waals surface area contributed by atoms with E-state index in [0.29, 0.717) is 11.5 Å². The average molecular weight is 481 g/mol. The van der Waals surface area contributed by atoms with Gasteiger partial charge in [-0.2, -0.15) is 0 Å². The molecule has 0 unspecified atom stereocenters. The van der Waals surface area contributed by atoms with Crippen molar-refractivity contribution in [3.8, 4) is 17.0 Å². The maximum absolute atomic E-state index is 12.5. The largest absolute Gasteiger partial charge is 1.00 e. The molecule has 0 aliphatic heterocycles. The van der Waals surface area contributed by atoms with Crippen molar-refractivity contribution >= 4 is 27.7 Å². The summed E-state index contributed by atoms with van der Waals surface area (Å²) in [6.07, 6.45) is 1.90. The number of aromatic nitrogens is 2. The summed E-state index contributed by atoms with van der Waals surface area (Å²) in [5.41, 5.74) is 8.78. The Morgan fingerprint density at radius 1 is 1.15 bits per heavy atom. The number of Topliss-reactive ketones (excluding diaryl/α,β-unsaturated/α-hetero) is 1. The Morgan fingerprint density at radius 3 is 2.35 bits per heavy atom. The van der Waals surface area contributed by atoms with Gasteiger partial charge in [0.15, 0.2) is 5.78 Å². The third kappa shape index (κ3) is 4.16. The summed E-state index contributed by atoms with van der Waals surface area (Å²) in [7, 11) is 3.52. The number of nitrogens with zero attached hydrogens (tertiary/aromatic N) is 2. The number of hydrogen-bond acceptors (Lipinski definition) is 3. The number of hydrogen-bond donors (Lipinski definition) is 1. The predicted molar refractivity (Wildman–Crippen MR) is 100 cm³/mol. The molecule has 0 bridgehead atoms. The number of ketones is 1. The zero-order valence-corrected chi connectivity index (χ0v) is 17.6. The van der Waals surface area contributed by atoms with Crippen LogP contribution in [0.1, 0.15) is 10.4 Å². The molecule has 3 rings (SSSR count). The van der Waals surface area contributed by atoms with Gasteiger partial charge in [-0.15, -0.1) is 0 Å². The lowest BCUT2D eigenvalue weighted by Crippen LogP contribution is -3.00. The molecule has 1 aromatic heterocycles. The van der Waals surface area contributed by atoms with Gasteiger partial charge >= 0.3 is 5.95 Å². The molecule has 2 N–H and O–H groups in total. The highest BCUT2D eigenvalue weighted by molar-refractivity contribution is 9.10. The lowest BCUT2D eigenvalue weighted by Gasteiger charge is -2.01. The Kier molecular flexibility index (Phi) is 6.61. The highest BCUT2D eigenvalue weighted by atomic mass is 79.9. The molecule has 136 valence electrons. The van der Waals surface area contributed by atoms with E-state index in [9.17, 15) is 4.79 Å². The van der Waals surface area contributed by atoms with E-state index in [2.05, 4.69) is 15.9 Å². The second kappa shape index (κ2) is 8.51. The third-order valence-corrected chi connectivity index (χ3v) is 4.67. The Balaban J connectivity index is 0.00000243. The van der Waals surface area contributed by atoms with Crippen LogP contribution >= 0.6 is 15.9 Å². The number of rotatable bonds is 5. The highest BCUT2D eigenvalue weighted by Gasteiger charge is 2.20. The molecular formula is C19H19Br2N3O2. The average Bonchev–Trinajstić information content (AvgIpc) is 2.91. The van der Waals surface area contributed by atoms with Gasteiger partial charge in [-0.1, -0.05) is 28.1 Å². The van der Waals surface area contributed by atoms with Crippen LogP contribution in [0, 0.1) is 0 Å². The molecule has 1 heterocycles. The fourth-order valence-electron chi connectivity index (χ4n) is 2.65. The van der Waals surface area contributed by atoms with E-state index in [0.717, 1.165) is 21.5 Å². The second-order valence-corrected chi connectivity index (χ2v) is 6.63. The number of carbonyl (C=O) groups excluding carboxylic acids is 1. The van der Waals surface area contributed by atoms with Crippen LogP contribution in [0.2, 0.25) is 0 Å². The zero-order valence-electron chi connectivity index (χ0n) is 14.4. The van der Waals surface area contributed by atoms with Crippen LogP contribution in [-0.2, 0) is 13.6 Å². The molecule has 0 aliphatic carbocycles. The molecule has 5 nitrogen and oxygen atoms in total. The van der Waals surface area contributed by atoms with Crippen LogP contribution in [0.15, 0.2) is 59.2 Å². The molecule has 0 spiro atoms. The number of nitrogen functional groups attached to an aromatic ring is 1. The van der Waals surface area contributed by atoms with Crippen LogP contribution < -0.4 is 32.0 Å². The van der Waals surface area contributed by atoms with Gasteiger partial charge in [-0.05, 0) is 36.4 Å². The Labute approximate surface area is 171 Å². The first kappa shape index (κ1) is 20.2. The van der Waals surface area contributed by atoms with Gasteiger partial charge in [-0.3, -0.25) is 10.5 Å². The van der Waals surface area contributed by atoms with E-state index in [1.807, 2.05) is 54.2 Å². The number of anilines is 1. The maximum Gasteiger partial charge on any atom is 0.355 e. The molecule has 26 heavy (non-hydrogen) atoms. The van der Waals surface area contributed by atoms with Crippen molar-refractivity contribution in [2.24, 2.45) is 7.05 Å². The number of carbonyl (C=O) groups is 1. The minimum Gasteiger partial charge on any atom is -1.00 e. The lowest BCUT2D eigenvalue weighted by atomic mass is 10.1. The van der Waals surface area contributed by atoms with E-state index >= 15 is 0 Å². The second-order valence-electron chi connectivity index (χ2n) is 5.72. The smallest absolute Gasteiger partial charge is 0.355 e. The van der Waals surface area contributed by atoms with Crippen molar-refractivity contribution in [3.63, 3.8) is 0 Å². The highest BCUT2D eigenvalue weighted by Crippen LogP contribution is 2.23. The molecule has 0 radical (unpaired) electrons. The molecule has 3 aromatic rings. The first-order valence-electron chi connectivity index (χ1n) is 7.77. The van der Waals surface area contributed by atoms with Gasteiger partial charge < -0.3 is 21.7 Å². The topological polar surface area (TPSA) is 61.1 Å². The van der Waals surface area contributed by atoms with Crippen molar-refractivity contribution in [1.82, 2.24) is 4.57 Å². The van der Waals surface area contributed by atoms with Crippen molar-refractivity contribution in [1.29, 1.82) is 0 Å². The quantitative estimate of drug-likeness (QED) is 0.419. The van der Waals surface area contributed by atoms with Crippen LogP contribution in [0.5, 0.6) is 5.75 Å². The molecule has 2 aromatic carbocycles. The molecule has 0 amide bonds. The number of methoxy groups -OCH3 is 1. The fourth-order valence-corrected chi connectivity index (χ4v) is 2.92. The third-order valence-electron chi connectivity index (χ3n) is 4.14. The predicted octanol–water partition coefficient (Wildman–Crippen LogP) is 0.220. The van der Waals surface area contributed by atoms with Gasteiger partial charge in [0.05, 0.1) is 14.2 Å². The molecule has 0 fully saturated rings. The summed E-state index contributed by atoms with van der Waals surface area (Å²) < 4.78 is 9.77. The number of halogens is 2. The van der Waals surface area contributed by atoms with Crippen molar-refractivity contribution in [3.05, 3.63) is 64.8 Å². The van der Waals surface area contributed by atoms with Crippen LogP contribution in [0.3, 0.4) is 0 Å². The first-order valence-corrected chi connectivity index (χ1v) is 8.56. The SMILES string of the molecule is COc1ccc(-c2c[n+](CC(=O)c3ccc(Br)cc3)c(N)n2C)cc1.[Br-]. The number of imidazole rings is 1. The summed E-state index contributed by atoms with van der Waals surface area (Å²) in [6.45, 7) is 0.192. The van der Waals surface area contributed by atoms with Crippen LogP contribution in [0.25, 0.3) is 11.3 Å². The normalized spacial score (nSPS) is 10.3. The van der Waals surface area contributed by atoms with Crippen molar-refractivity contribution in [2.75, 3.05) is 12.8 Å². The summed E-state index contributed by atoms with van der Waals surface area (Å²) in [6, 6.07) is 15.0. The molecule has 7 heteroatoms. The fraction of sp³-hybridized carbons (Fsp3) is 0.158. The number of benzene rings is 2. The molecular weight excluding hydrogens is 462 g/mol. The van der Waals surface area contributed by atoms with E-state index in [1.165, 1.54) is 0 Å². The first-order chi connectivity index (χ1) is 12.0. The van der Waals surface area contributed by atoms with Gasteiger partial charge in [0.2, 0.25) is 0 Å². The van der Waals surface area contributed by atoms with Gasteiger partial charge in [-0.25, -0.2) is 9.13 Å². The molecule has 0 saturated heterocycles. The number of ether oxygens (including phenoxy) is 1. The van der Waals surface area contributed by atoms with Crippen molar-refractivity contribution < 1.29 is 31.1 Å². The minimum absolute atomic E-state index is 0. The number of nitrogens with two attached hydrogens (primary N) is 1. The standard InChI is InChI=1S/C19H18BrN3O2.BrH/c1-22-17(13-5-9-16(25-2)10-6-13)11-23(19(22)21)12-18(24)14-3-7-15(20)8-4-14;/h3-11,21H,12H2,1-2H3;1H. The maximum atomic E-state index is 12.5. The van der Waals surface area contributed by atoms with Gasteiger partial charge in [0.1, 0.15) is 24.2 Å². The lowest BCUT2D eigenvalue weighted by molar-refractivity contribution is -0.667. The van der Waals surface area contributed by atoms with Gasteiger partial charge in [0.25, 0.3) is 0 Å². The Hall–Kier alpha value is -2.12. The monoisotopic (exact) mass is 479 g/mol. The molecule has 0 saturated carbocycles.